The zero-order valence-corrected chi connectivity index (χ0v) is 14.9. The molecule has 0 aliphatic carbocycles. The normalized spacial score (nSPS) is 14.3. The van der Waals surface area contributed by atoms with Crippen molar-refractivity contribution in [3.8, 4) is 12.3 Å². The third-order valence-electron chi connectivity index (χ3n) is 3.51. The van der Waals surface area contributed by atoms with Crippen LogP contribution in [0.3, 0.4) is 0 Å². The fourth-order valence-corrected chi connectivity index (χ4v) is 2.97. The van der Waals surface area contributed by atoms with Gasteiger partial charge in [0.15, 0.2) is 5.13 Å². The molecule has 1 aromatic heterocycles. The Morgan fingerprint density at radius 3 is 2.75 bits per heavy atom. The van der Waals surface area contributed by atoms with Crippen molar-refractivity contribution in [1.29, 1.82) is 0 Å². The number of carbonyl (C=O) groups is 1. The highest BCUT2D eigenvalue weighted by Gasteiger charge is 2.29. The zero-order valence-electron chi connectivity index (χ0n) is 13.3. The van der Waals surface area contributed by atoms with Gasteiger partial charge >= 0.3 is 6.03 Å². The largest absolute Gasteiger partial charge is 0.392 e. The summed E-state index contributed by atoms with van der Waals surface area (Å²) in [6, 6.07) is 6.86. The number of benzene rings is 1. The first kappa shape index (κ1) is 18.3. The van der Waals surface area contributed by atoms with Crippen LogP contribution in [0.1, 0.15) is 25.1 Å². The molecular formula is C17H18ClN3O2S. The smallest absolute Gasteiger partial charge is 0.321 e. The van der Waals surface area contributed by atoms with E-state index in [0.717, 1.165) is 5.56 Å². The average molecular weight is 364 g/mol. The minimum atomic E-state index is -0.725. The van der Waals surface area contributed by atoms with Gasteiger partial charge in [-0.05, 0) is 31.5 Å². The van der Waals surface area contributed by atoms with Crippen molar-refractivity contribution in [2.75, 3.05) is 11.9 Å². The van der Waals surface area contributed by atoms with Gasteiger partial charge in [-0.2, -0.15) is 0 Å². The number of terminal acetylenes is 1. The Bertz CT molecular complexity index is 752. The van der Waals surface area contributed by atoms with E-state index in [9.17, 15) is 4.79 Å². The van der Waals surface area contributed by atoms with Crippen LogP contribution < -0.4 is 10.6 Å². The van der Waals surface area contributed by atoms with Crippen molar-refractivity contribution >= 4 is 34.1 Å². The van der Waals surface area contributed by atoms with Gasteiger partial charge in [0, 0.05) is 16.9 Å². The summed E-state index contributed by atoms with van der Waals surface area (Å²) in [5, 5.41) is 17.2. The molecule has 0 bridgehead atoms. The molecule has 0 aliphatic heterocycles. The van der Waals surface area contributed by atoms with E-state index >= 15 is 0 Å². The standard InChI is InChI=1S/C17H18ClN3O2S/c1-4-17(3,12-5-7-13(18)8-6-12)14-10-24-16(20-14)21-15(23)19-9-11(2)22/h1,5-8,10-11,22H,9H2,2-3H3,(H2,19,20,21,23)/t11?,17-/m0/s1. The number of rotatable bonds is 5. The van der Waals surface area contributed by atoms with Crippen LogP contribution in [0.5, 0.6) is 0 Å². The Kier molecular flexibility index (Phi) is 5.84. The third kappa shape index (κ3) is 4.26. The van der Waals surface area contributed by atoms with Crippen molar-refractivity contribution in [2.45, 2.75) is 25.4 Å². The number of nitrogens with one attached hydrogen (secondary N) is 2. The van der Waals surface area contributed by atoms with E-state index in [1.807, 2.05) is 24.4 Å². The number of hydrogen-bond acceptors (Lipinski definition) is 4. The first-order chi connectivity index (χ1) is 11.3. The van der Waals surface area contributed by atoms with E-state index in [2.05, 4.69) is 21.5 Å². The first-order valence-electron chi connectivity index (χ1n) is 7.28. The van der Waals surface area contributed by atoms with Gasteiger partial charge in [0.25, 0.3) is 0 Å². The molecule has 0 spiro atoms. The number of aliphatic hydroxyl groups is 1. The number of anilines is 1. The maximum atomic E-state index is 11.7. The highest BCUT2D eigenvalue weighted by Crippen LogP contribution is 2.33. The lowest BCUT2D eigenvalue weighted by Gasteiger charge is -2.22. The van der Waals surface area contributed by atoms with Gasteiger partial charge in [-0.15, -0.1) is 17.8 Å². The minimum Gasteiger partial charge on any atom is -0.392 e. The summed E-state index contributed by atoms with van der Waals surface area (Å²) in [6.45, 7) is 3.64. The van der Waals surface area contributed by atoms with E-state index in [0.29, 0.717) is 15.8 Å². The highest BCUT2D eigenvalue weighted by atomic mass is 35.5. The van der Waals surface area contributed by atoms with E-state index in [1.165, 1.54) is 11.3 Å². The summed E-state index contributed by atoms with van der Waals surface area (Å²) in [5.41, 5.74) is 0.838. The first-order valence-corrected chi connectivity index (χ1v) is 8.53. The molecule has 0 radical (unpaired) electrons. The van der Waals surface area contributed by atoms with Crippen LogP contribution in [0.4, 0.5) is 9.93 Å². The molecule has 0 fully saturated rings. The minimum absolute atomic E-state index is 0.164. The van der Waals surface area contributed by atoms with Crippen LogP contribution in [-0.4, -0.2) is 28.8 Å². The Morgan fingerprint density at radius 1 is 1.50 bits per heavy atom. The molecule has 0 saturated carbocycles. The van der Waals surface area contributed by atoms with Crippen LogP contribution in [-0.2, 0) is 5.41 Å². The van der Waals surface area contributed by atoms with E-state index < -0.39 is 17.6 Å². The number of carbonyl (C=O) groups excluding carboxylic acids is 1. The van der Waals surface area contributed by atoms with Crippen LogP contribution in [0.2, 0.25) is 5.02 Å². The molecule has 1 aromatic carbocycles. The molecule has 126 valence electrons. The lowest BCUT2D eigenvalue weighted by molar-refractivity contribution is 0.190. The Balaban J connectivity index is 2.17. The van der Waals surface area contributed by atoms with Gasteiger partial charge < -0.3 is 10.4 Å². The van der Waals surface area contributed by atoms with E-state index in [4.69, 9.17) is 23.1 Å². The van der Waals surface area contributed by atoms with Gasteiger partial charge in [-0.25, -0.2) is 9.78 Å². The highest BCUT2D eigenvalue weighted by molar-refractivity contribution is 7.14. The van der Waals surface area contributed by atoms with Gasteiger partial charge in [-0.1, -0.05) is 29.7 Å². The van der Waals surface area contributed by atoms with Crippen molar-refractivity contribution in [1.82, 2.24) is 10.3 Å². The molecule has 7 heteroatoms. The molecule has 24 heavy (non-hydrogen) atoms. The topological polar surface area (TPSA) is 74.2 Å². The average Bonchev–Trinajstić information content (AvgIpc) is 3.02. The summed E-state index contributed by atoms with van der Waals surface area (Å²) in [6.07, 6.45) is 5.14. The number of urea groups is 1. The van der Waals surface area contributed by atoms with Gasteiger partial charge in [0.1, 0.15) is 0 Å². The molecule has 2 aromatic rings. The van der Waals surface area contributed by atoms with Crippen LogP contribution in [0.25, 0.3) is 0 Å². The quantitative estimate of drug-likeness (QED) is 0.714. The molecule has 1 unspecified atom stereocenters. The molecule has 1 heterocycles. The maximum Gasteiger partial charge on any atom is 0.321 e. The van der Waals surface area contributed by atoms with Crippen LogP contribution in [0.15, 0.2) is 29.6 Å². The number of nitrogens with zero attached hydrogens (tertiary/aromatic N) is 1. The monoisotopic (exact) mass is 363 g/mol. The van der Waals surface area contributed by atoms with Crippen molar-refractivity contribution in [3.63, 3.8) is 0 Å². The fraction of sp³-hybridized carbons (Fsp3) is 0.294. The number of hydrogen-bond donors (Lipinski definition) is 3. The number of halogens is 1. The zero-order chi connectivity index (χ0) is 17.7. The van der Waals surface area contributed by atoms with E-state index in [-0.39, 0.29) is 6.54 Å². The van der Waals surface area contributed by atoms with Crippen molar-refractivity contribution in [3.05, 3.63) is 45.9 Å². The van der Waals surface area contributed by atoms with Crippen LogP contribution in [0, 0.1) is 12.3 Å². The summed E-state index contributed by atoms with van der Waals surface area (Å²) in [5.74, 6) is 2.78. The summed E-state index contributed by atoms with van der Waals surface area (Å²) < 4.78 is 0. The van der Waals surface area contributed by atoms with Crippen molar-refractivity contribution in [2.24, 2.45) is 0 Å². The fourth-order valence-electron chi connectivity index (χ4n) is 2.03. The molecular weight excluding hydrogens is 346 g/mol. The Labute approximate surface area is 150 Å². The number of aromatic nitrogens is 1. The summed E-state index contributed by atoms with van der Waals surface area (Å²) in [7, 11) is 0. The molecule has 3 N–H and O–H groups in total. The van der Waals surface area contributed by atoms with Crippen LogP contribution >= 0.6 is 22.9 Å². The second kappa shape index (κ2) is 7.67. The Hall–Kier alpha value is -2.07. The van der Waals surface area contributed by atoms with Gasteiger partial charge in [0.05, 0.1) is 17.2 Å². The third-order valence-corrected chi connectivity index (χ3v) is 4.51. The lowest BCUT2D eigenvalue weighted by Crippen LogP contribution is -2.34. The van der Waals surface area contributed by atoms with E-state index in [1.54, 1.807) is 19.1 Å². The summed E-state index contributed by atoms with van der Waals surface area (Å²) >= 11 is 7.21. The molecule has 2 amide bonds. The maximum absolute atomic E-state index is 11.7. The molecule has 0 aliphatic rings. The predicted octanol–water partition coefficient (Wildman–Crippen LogP) is 3.24. The Morgan fingerprint density at radius 2 is 2.17 bits per heavy atom. The number of thiazole rings is 1. The number of aliphatic hydroxyl groups excluding tert-OH is 1. The lowest BCUT2D eigenvalue weighted by atomic mass is 9.81. The summed E-state index contributed by atoms with van der Waals surface area (Å²) in [4.78, 5) is 16.2. The second-order valence-electron chi connectivity index (χ2n) is 5.50. The SMILES string of the molecule is C#C[C@@](C)(c1ccc(Cl)cc1)c1csc(NC(=O)NCC(C)O)n1. The predicted molar refractivity (Wildman–Crippen MR) is 97.6 cm³/mol. The van der Waals surface area contributed by atoms with Gasteiger partial charge in [0.2, 0.25) is 0 Å². The second-order valence-corrected chi connectivity index (χ2v) is 6.79. The molecule has 2 atom stereocenters. The number of amides is 2. The van der Waals surface area contributed by atoms with Gasteiger partial charge in [-0.3, -0.25) is 5.32 Å². The van der Waals surface area contributed by atoms with Crippen molar-refractivity contribution < 1.29 is 9.90 Å². The molecule has 2 rings (SSSR count). The molecule has 0 saturated heterocycles. The molecule has 5 nitrogen and oxygen atoms in total.